The molecule has 0 radical (unpaired) electrons. The summed E-state index contributed by atoms with van der Waals surface area (Å²) in [5, 5.41) is 12.3. The van der Waals surface area contributed by atoms with Crippen LogP contribution in [-0.2, 0) is 4.79 Å². The number of aliphatic carboxylic acids is 1. The van der Waals surface area contributed by atoms with Crippen molar-refractivity contribution in [2.75, 3.05) is 0 Å². The van der Waals surface area contributed by atoms with Crippen molar-refractivity contribution >= 4 is 5.97 Å². The van der Waals surface area contributed by atoms with Crippen LogP contribution >= 0.6 is 0 Å². The maximum atomic E-state index is 11.0. The van der Waals surface area contributed by atoms with Crippen LogP contribution in [0.2, 0.25) is 0 Å². The second kappa shape index (κ2) is 2.47. The largest absolute Gasteiger partial charge is 0.480 e. The van der Waals surface area contributed by atoms with Crippen LogP contribution in [0, 0.1) is 5.41 Å². The molecule has 2 N–H and O–H groups in total. The van der Waals surface area contributed by atoms with Crippen molar-refractivity contribution in [3.8, 4) is 0 Å². The fourth-order valence-electron chi connectivity index (χ4n) is 2.69. The second-order valence-electron chi connectivity index (χ2n) is 5.13. The summed E-state index contributed by atoms with van der Waals surface area (Å²) in [6, 6.07) is -0.333. The van der Waals surface area contributed by atoms with Crippen LogP contribution in [0.3, 0.4) is 0 Å². The van der Waals surface area contributed by atoms with Crippen LogP contribution < -0.4 is 5.32 Å². The summed E-state index contributed by atoms with van der Waals surface area (Å²) in [5.74, 6) is -0.687. The third-order valence-corrected chi connectivity index (χ3v) is 3.93. The predicted octanol–water partition coefficient (Wildman–Crippen LogP) is 1.38. The quantitative estimate of drug-likeness (QED) is 0.645. The lowest BCUT2D eigenvalue weighted by Crippen LogP contribution is -2.66. The highest BCUT2D eigenvalue weighted by Gasteiger charge is 2.52. The van der Waals surface area contributed by atoms with Gasteiger partial charge in [0.2, 0.25) is 0 Å². The van der Waals surface area contributed by atoms with E-state index in [0.717, 1.165) is 25.7 Å². The monoisotopic (exact) mass is 183 g/mol. The lowest BCUT2D eigenvalue weighted by atomic mass is 9.60. The molecule has 0 aromatic rings. The van der Waals surface area contributed by atoms with E-state index in [9.17, 15) is 4.79 Å². The number of hydrogen-bond acceptors (Lipinski definition) is 2. The number of carbonyl (C=O) groups is 1. The van der Waals surface area contributed by atoms with Crippen molar-refractivity contribution in [2.24, 2.45) is 5.41 Å². The van der Waals surface area contributed by atoms with E-state index >= 15 is 0 Å². The van der Waals surface area contributed by atoms with Crippen LogP contribution in [0.4, 0.5) is 0 Å². The van der Waals surface area contributed by atoms with E-state index in [1.54, 1.807) is 0 Å². The molecule has 1 atom stereocenters. The van der Waals surface area contributed by atoms with Crippen LogP contribution in [0.1, 0.15) is 39.5 Å². The molecule has 0 aromatic carbocycles. The van der Waals surface area contributed by atoms with Gasteiger partial charge in [0.05, 0.1) is 0 Å². The Bertz CT molecular complexity index is 241. The normalized spacial score (nSPS) is 49.2. The van der Waals surface area contributed by atoms with Crippen LogP contribution in [-0.4, -0.2) is 22.7 Å². The van der Waals surface area contributed by atoms with E-state index in [-0.39, 0.29) is 17.0 Å². The van der Waals surface area contributed by atoms with Gasteiger partial charge in [-0.15, -0.1) is 0 Å². The number of hydrogen-bond donors (Lipinski definition) is 2. The number of rotatable bonds is 1. The standard InChI is InChI=1S/C10H17NO2/c1-9-3-5-10(2,6-4-9)11-7(9)8(12)13/h7,11H,3-6H2,1-2H3,(H,12,13). The molecule has 2 saturated heterocycles. The molecule has 1 aliphatic carbocycles. The Morgan fingerprint density at radius 1 is 1.31 bits per heavy atom. The number of fused-ring (bicyclic) bond motifs is 3. The van der Waals surface area contributed by atoms with Gasteiger partial charge in [0.25, 0.3) is 0 Å². The molecular formula is C10H17NO2. The van der Waals surface area contributed by atoms with Crippen LogP contribution in [0.5, 0.6) is 0 Å². The van der Waals surface area contributed by atoms with E-state index in [0.29, 0.717) is 0 Å². The molecule has 0 spiro atoms. The zero-order valence-electron chi connectivity index (χ0n) is 8.26. The molecule has 1 unspecified atom stereocenters. The summed E-state index contributed by atoms with van der Waals surface area (Å²) in [7, 11) is 0. The van der Waals surface area contributed by atoms with E-state index < -0.39 is 5.97 Å². The average molecular weight is 183 g/mol. The molecule has 2 aliphatic heterocycles. The van der Waals surface area contributed by atoms with Gasteiger partial charge in [0.15, 0.2) is 0 Å². The first-order valence-corrected chi connectivity index (χ1v) is 4.96. The number of piperidine rings is 2. The molecule has 13 heavy (non-hydrogen) atoms. The predicted molar refractivity (Wildman–Crippen MR) is 49.5 cm³/mol. The van der Waals surface area contributed by atoms with E-state index in [1.807, 2.05) is 0 Å². The molecule has 3 aliphatic rings. The SMILES string of the molecule is CC12CCC(C)(CC1)C(C(=O)O)N2. The molecule has 2 bridgehead atoms. The summed E-state index contributed by atoms with van der Waals surface area (Å²) in [5.41, 5.74) is 0.0738. The second-order valence-corrected chi connectivity index (χ2v) is 5.13. The highest BCUT2D eigenvalue weighted by atomic mass is 16.4. The Labute approximate surface area is 78.5 Å². The zero-order chi connectivity index (χ0) is 9.69. The van der Waals surface area contributed by atoms with Gasteiger partial charge >= 0.3 is 5.97 Å². The zero-order valence-corrected chi connectivity index (χ0v) is 8.26. The van der Waals surface area contributed by atoms with Gasteiger partial charge in [-0.05, 0) is 38.0 Å². The molecule has 3 nitrogen and oxygen atoms in total. The van der Waals surface area contributed by atoms with Crippen molar-refractivity contribution in [1.29, 1.82) is 0 Å². The summed E-state index contributed by atoms with van der Waals surface area (Å²) >= 11 is 0. The van der Waals surface area contributed by atoms with Crippen molar-refractivity contribution < 1.29 is 9.90 Å². The summed E-state index contributed by atoms with van der Waals surface area (Å²) < 4.78 is 0. The lowest BCUT2D eigenvalue weighted by Gasteiger charge is -2.54. The number of carboxylic acid groups (broad SMARTS) is 1. The van der Waals surface area contributed by atoms with Crippen molar-refractivity contribution in [2.45, 2.75) is 51.1 Å². The Balaban J connectivity index is 2.26. The van der Waals surface area contributed by atoms with Crippen LogP contribution in [0.25, 0.3) is 0 Å². The molecule has 2 heterocycles. The highest BCUT2D eigenvalue weighted by molar-refractivity contribution is 5.75. The molecule has 0 aromatic heterocycles. The van der Waals surface area contributed by atoms with Crippen LogP contribution in [0.15, 0.2) is 0 Å². The van der Waals surface area contributed by atoms with Gasteiger partial charge in [-0.2, -0.15) is 0 Å². The Morgan fingerprint density at radius 3 is 2.23 bits per heavy atom. The van der Waals surface area contributed by atoms with E-state index in [2.05, 4.69) is 19.2 Å². The smallest absolute Gasteiger partial charge is 0.321 e. The number of carboxylic acids is 1. The topological polar surface area (TPSA) is 49.3 Å². The Kier molecular flexibility index (Phi) is 1.71. The third kappa shape index (κ3) is 1.26. The van der Waals surface area contributed by atoms with Gasteiger partial charge in [-0.25, -0.2) is 0 Å². The fourth-order valence-corrected chi connectivity index (χ4v) is 2.69. The first-order valence-electron chi connectivity index (χ1n) is 4.96. The fraction of sp³-hybridized carbons (Fsp3) is 0.900. The van der Waals surface area contributed by atoms with E-state index in [4.69, 9.17) is 5.11 Å². The van der Waals surface area contributed by atoms with Crippen molar-refractivity contribution in [3.05, 3.63) is 0 Å². The molecule has 3 fully saturated rings. The van der Waals surface area contributed by atoms with Gasteiger partial charge < -0.3 is 5.11 Å². The Hall–Kier alpha value is -0.570. The van der Waals surface area contributed by atoms with Gasteiger partial charge in [0.1, 0.15) is 6.04 Å². The van der Waals surface area contributed by atoms with Gasteiger partial charge in [-0.1, -0.05) is 6.92 Å². The minimum absolute atomic E-state index is 0.0103. The molecule has 3 rings (SSSR count). The maximum absolute atomic E-state index is 11.0. The van der Waals surface area contributed by atoms with Gasteiger partial charge in [-0.3, -0.25) is 10.1 Å². The average Bonchev–Trinajstić information content (AvgIpc) is 2.07. The maximum Gasteiger partial charge on any atom is 0.321 e. The molecular weight excluding hydrogens is 166 g/mol. The first-order chi connectivity index (χ1) is 5.95. The molecule has 74 valence electrons. The summed E-state index contributed by atoms with van der Waals surface area (Å²) in [6.45, 7) is 4.24. The van der Waals surface area contributed by atoms with Gasteiger partial charge in [0, 0.05) is 5.54 Å². The minimum atomic E-state index is -0.687. The lowest BCUT2D eigenvalue weighted by molar-refractivity contribution is -0.149. The molecule has 0 amide bonds. The molecule has 1 saturated carbocycles. The minimum Gasteiger partial charge on any atom is -0.480 e. The Morgan fingerprint density at radius 2 is 1.85 bits per heavy atom. The summed E-state index contributed by atoms with van der Waals surface area (Å²) in [6.07, 6.45) is 4.33. The van der Waals surface area contributed by atoms with E-state index in [1.165, 1.54) is 0 Å². The van der Waals surface area contributed by atoms with Crippen molar-refractivity contribution in [3.63, 3.8) is 0 Å². The number of nitrogens with one attached hydrogen (secondary N) is 1. The van der Waals surface area contributed by atoms with Crippen molar-refractivity contribution in [1.82, 2.24) is 5.32 Å². The third-order valence-electron chi connectivity index (χ3n) is 3.93. The highest BCUT2D eigenvalue weighted by Crippen LogP contribution is 2.48. The molecule has 3 heteroatoms. The summed E-state index contributed by atoms with van der Waals surface area (Å²) in [4.78, 5) is 11.0. The first kappa shape index (κ1) is 9.00.